The van der Waals surface area contributed by atoms with E-state index >= 15 is 0 Å². The van der Waals surface area contributed by atoms with Gasteiger partial charge < -0.3 is 14.6 Å². The summed E-state index contributed by atoms with van der Waals surface area (Å²) in [6.07, 6.45) is 11.1. The first kappa shape index (κ1) is 26.6. The number of amides is 1. The summed E-state index contributed by atoms with van der Waals surface area (Å²) in [4.78, 5) is 19.4. The van der Waals surface area contributed by atoms with Gasteiger partial charge in [-0.25, -0.2) is 0 Å². The van der Waals surface area contributed by atoms with Gasteiger partial charge in [0.15, 0.2) is 0 Å². The van der Waals surface area contributed by atoms with Gasteiger partial charge in [-0.3, -0.25) is 9.78 Å². The highest BCUT2D eigenvalue weighted by Gasteiger charge is 2.45. The molecule has 2 fully saturated rings. The topological polar surface area (TPSA) is 56.2 Å². The highest BCUT2D eigenvalue weighted by molar-refractivity contribution is 7.13. The van der Waals surface area contributed by atoms with Crippen LogP contribution in [-0.4, -0.2) is 35.7 Å². The normalized spacial score (nSPS) is 25.9. The molecule has 2 heterocycles. The number of aromatic nitrogens is 2. The fourth-order valence-electron chi connectivity index (χ4n) is 6.90. The number of nitrogens with one attached hydrogen (secondary N) is 1. The quantitative estimate of drug-likeness (QED) is 0.224. The second kappa shape index (κ2) is 10.7. The molecule has 1 aromatic carbocycles. The fraction of sp³-hybridized carbons (Fsp3) is 0.600. The first-order valence-corrected chi connectivity index (χ1v) is 18.7. The Labute approximate surface area is 227 Å². The van der Waals surface area contributed by atoms with Crippen LogP contribution >= 0.6 is 11.3 Å². The van der Waals surface area contributed by atoms with E-state index in [0.29, 0.717) is 18.6 Å². The number of thiazole rings is 1. The largest absolute Gasteiger partial charge is 0.361 e. The average Bonchev–Trinajstić information content (AvgIpc) is 3.50. The van der Waals surface area contributed by atoms with Crippen molar-refractivity contribution in [3.63, 3.8) is 0 Å². The Morgan fingerprint density at radius 3 is 2.81 bits per heavy atom. The van der Waals surface area contributed by atoms with Crippen molar-refractivity contribution in [1.29, 1.82) is 0 Å². The first-order valence-electron chi connectivity index (χ1n) is 14.1. The van der Waals surface area contributed by atoms with Crippen LogP contribution in [0, 0.1) is 17.8 Å². The van der Waals surface area contributed by atoms with Crippen LogP contribution in [0.1, 0.15) is 62.7 Å². The van der Waals surface area contributed by atoms with Gasteiger partial charge in [0.1, 0.15) is 6.73 Å². The van der Waals surface area contributed by atoms with Crippen LogP contribution in [0.5, 0.6) is 0 Å². The molecule has 4 atom stereocenters. The molecule has 0 saturated heterocycles. The van der Waals surface area contributed by atoms with Crippen LogP contribution in [0.3, 0.4) is 0 Å². The molecule has 5 rings (SSSR count). The summed E-state index contributed by atoms with van der Waals surface area (Å²) in [5.41, 5.74) is 4.64. The Morgan fingerprint density at radius 2 is 2.08 bits per heavy atom. The predicted molar refractivity (Wildman–Crippen MR) is 157 cm³/mol. The van der Waals surface area contributed by atoms with Crippen LogP contribution < -0.4 is 5.32 Å². The Kier molecular flexibility index (Phi) is 7.67. The molecule has 1 amide bonds. The molecule has 37 heavy (non-hydrogen) atoms. The summed E-state index contributed by atoms with van der Waals surface area (Å²) < 4.78 is 8.24. The molecule has 2 saturated carbocycles. The van der Waals surface area contributed by atoms with Gasteiger partial charge in [-0.2, -0.15) is 0 Å². The lowest BCUT2D eigenvalue weighted by Crippen LogP contribution is -2.56. The van der Waals surface area contributed by atoms with Crippen LogP contribution in [0.2, 0.25) is 25.7 Å². The van der Waals surface area contributed by atoms with Crippen LogP contribution in [0.25, 0.3) is 21.3 Å². The number of ether oxygens (including phenoxy) is 1. The second-order valence-corrected chi connectivity index (χ2v) is 19.5. The van der Waals surface area contributed by atoms with Crippen LogP contribution in [0.4, 0.5) is 0 Å². The summed E-state index contributed by atoms with van der Waals surface area (Å²) in [6.45, 7) is 13.1. The SMILES string of the molecule is CCC1CC2CC(C)CC(NC(=O)c3cc(-c4cncs4)cc4c3ccn4COCC[Si](C)(C)C)(C1)C2. The van der Waals surface area contributed by atoms with E-state index in [-0.39, 0.29) is 11.4 Å². The molecule has 1 N–H and O–H groups in total. The van der Waals surface area contributed by atoms with Gasteiger partial charge in [-0.15, -0.1) is 11.3 Å². The molecule has 5 nitrogen and oxygen atoms in total. The maximum absolute atomic E-state index is 14.1. The third-order valence-corrected chi connectivity index (χ3v) is 11.1. The van der Waals surface area contributed by atoms with Crippen LogP contribution in [0.15, 0.2) is 36.1 Å². The Hall–Kier alpha value is -1.96. The monoisotopic (exact) mass is 537 g/mol. The van der Waals surface area contributed by atoms with Crippen molar-refractivity contribution in [3.05, 3.63) is 41.7 Å². The molecule has 2 aliphatic carbocycles. The molecule has 2 aromatic heterocycles. The smallest absolute Gasteiger partial charge is 0.252 e. The molecule has 0 aliphatic heterocycles. The van der Waals surface area contributed by atoms with E-state index in [1.807, 2.05) is 11.7 Å². The third kappa shape index (κ3) is 6.04. The molecule has 0 radical (unpaired) electrons. The number of hydrogen-bond acceptors (Lipinski definition) is 4. The van der Waals surface area contributed by atoms with Gasteiger partial charge in [0.05, 0.1) is 15.9 Å². The van der Waals surface area contributed by atoms with Gasteiger partial charge >= 0.3 is 0 Å². The van der Waals surface area contributed by atoms with E-state index in [9.17, 15) is 4.79 Å². The van der Waals surface area contributed by atoms with E-state index in [0.717, 1.165) is 64.7 Å². The zero-order valence-corrected chi connectivity index (χ0v) is 25.0. The number of hydrogen-bond donors (Lipinski definition) is 1. The standard InChI is InChI=1S/C30H43N3O2SSi/c1-6-22-12-23-11-21(2)15-30(16-22,17-23)32-29(34)26-13-24(28-18-31-19-36-28)14-27-25(26)7-8-33(27)20-35-9-10-37(3,4)5/h7-8,13-14,18-19,21-23H,6,9-12,15-17,20H2,1-5H3,(H,32,34). The van der Waals surface area contributed by atoms with Crippen molar-refractivity contribution in [2.75, 3.05) is 6.61 Å². The summed E-state index contributed by atoms with van der Waals surface area (Å²) in [7, 11) is -1.14. The van der Waals surface area contributed by atoms with E-state index < -0.39 is 8.07 Å². The number of benzene rings is 1. The maximum Gasteiger partial charge on any atom is 0.252 e. The number of fused-ring (bicyclic) bond motifs is 3. The van der Waals surface area contributed by atoms with Gasteiger partial charge in [-0.1, -0.05) is 39.9 Å². The molecule has 3 aromatic rings. The van der Waals surface area contributed by atoms with Crippen molar-refractivity contribution < 1.29 is 9.53 Å². The number of rotatable bonds is 9. The number of nitrogens with zero attached hydrogens (tertiary/aromatic N) is 2. The lowest BCUT2D eigenvalue weighted by atomic mass is 9.60. The van der Waals surface area contributed by atoms with Crippen molar-refractivity contribution in [2.45, 2.75) is 90.3 Å². The Bertz CT molecular complexity index is 1230. The minimum absolute atomic E-state index is 0.0679. The van der Waals surface area contributed by atoms with Crippen molar-refractivity contribution >= 4 is 36.2 Å². The van der Waals surface area contributed by atoms with Crippen molar-refractivity contribution in [2.24, 2.45) is 17.8 Å². The van der Waals surface area contributed by atoms with Gasteiger partial charge in [-0.05, 0) is 79.7 Å². The maximum atomic E-state index is 14.1. The number of carbonyl (C=O) groups is 1. The summed E-state index contributed by atoms with van der Waals surface area (Å²) in [5, 5.41) is 4.63. The summed E-state index contributed by atoms with van der Waals surface area (Å²) in [5.74, 6) is 2.18. The third-order valence-electron chi connectivity index (χ3n) is 8.53. The molecular formula is C30H43N3O2SSi. The van der Waals surface area contributed by atoms with E-state index in [1.54, 1.807) is 11.3 Å². The van der Waals surface area contributed by atoms with E-state index in [2.05, 4.69) is 72.8 Å². The molecule has 7 heteroatoms. The molecular weight excluding hydrogens is 495 g/mol. The lowest BCUT2D eigenvalue weighted by molar-refractivity contribution is 0.0430. The molecule has 2 bridgehead atoms. The Morgan fingerprint density at radius 1 is 1.24 bits per heavy atom. The summed E-state index contributed by atoms with van der Waals surface area (Å²) in [6, 6.07) is 7.49. The minimum atomic E-state index is -1.14. The first-order chi connectivity index (χ1) is 17.6. The fourth-order valence-corrected chi connectivity index (χ4v) is 8.27. The van der Waals surface area contributed by atoms with E-state index in [4.69, 9.17) is 4.74 Å². The molecule has 0 spiro atoms. The van der Waals surface area contributed by atoms with Crippen molar-refractivity contribution in [1.82, 2.24) is 14.9 Å². The highest BCUT2D eigenvalue weighted by atomic mass is 32.1. The second-order valence-electron chi connectivity index (χ2n) is 13.0. The van der Waals surface area contributed by atoms with E-state index in [1.165, 1.54) is 19.3 Å². The van der Waals surface area contributed by atoms with Gasteiger partial charge in [0, 0.05) is 43.6 Å². The number of carbonyl (C=O) groups excluding carboxylic acids is 1. The average molecular weight is 538 g/mol. The Balaban J connectivity index is 1.45. The summed E-state index contributed by atoms with van der Waals surface area (Å²) >= 11 is 1.61. The van der Waals surface area contributed by atoms with Gasteiger partial charge in [0.25, 0.3) is 5.91 Å². The van der Waals surface area contributed by atoms with Gasteiger partial charge in [0.2, 0.25) is 0 Å². The predicted octanol–water partition coefficient (Wildman–Crippen LogP) is 7.80. The zero-order valence-electron chi connectivity index (χ0n) is 23.2. The van der Waals surface area contributed by atoms with Crippen LogP contribution in [-0.2, 0) is 11.5 Å². The molecule has 2 aliphatic rings. The zero-order chi connectivity index (χ0) is 26.2. The minimum Gasteiger partial charge on any atom is -0.361 e. The lowest BCUT2D eigenvalue weighted by Gasteiger charge is -2.51. The molecule has 200 valence electrons. The highest BCUT2D eigenvalue weighted by Crippen LogP contribution is 2.48. The molecule has 4 unspecified atom stereocenters. The van der Waals surface area contributed by atoms with Crippen molar-refractivity contribution in [3.8, 4) is 10.4 Å².